The van der Waals surface area contributed by atoms with Crippen LogP contribution in [0, 0.1) is 0 Å². The summed E-state index contributed by atoms with van der Waals surface area (Å²) in [5.41, 5.74) is 0. The number of rotatable bonds is 59. The standard InChI is InChI=1S/C65H122O6/c1-4-7-10-13-16-19-22-25-28-30-31-32-33-34-35-36-38-40-43-46-49-52-55-58-64(67)70-61-62(60-69-63(66)57-54-51-48-45-42-39-27-24-21-18-15-12-9-6-3)71-65(68)59-56-53-50-47-44-41-37-29-26-23-20-17-14-11-8-5-2/h24,27,29,37,62H,4-23,25-26,28,30-36,38-61H2,1-3H3/b27-24-,37-29-. The molecule has 0 aliphatic rings. The van der Waals surface area contributed by atoms with E-state index in [1.54, 1.807) is 0 Å². The smallest absolute Gasteiger partial charge is 0.306 e. The van der Waals surface area contributed by atoms with Gasteiger partial charge in [-0.05, 0) is 70.6 Å². The number of carbonyl (C=O) groups is 3. The number of ether oxygens (including phenoxy) is 3. The third-order valence-electron chi connectivity index (χ3n) is 14.4. The molecule has 0 aliphatic heterocycles. The Morgan fingerprint density at radius 3 is 0.704 bits per heavy atom. The minimum Gasteiger partial charge on any atom is -0.462 e. The van der Waals surface area contributed by atoms with Crippen LogP contribution in [0.1, 0.15) is 355 Å². The summed E-state index contributed by atoms with van der Waals surface area (Å²) in [6.07, 6.45) is 71.9. The minimum absolute atomic E-state index is 0.0724. The summed E-state index contributed by atoms with van der Waals surface area (Å²) in [6, 6.07) is 0. The van der Waals surface area contributed by atoms with E-state index in [9.17, 15) is 14.4 Å². The Kier molecular flexibility index (Phi) is 58.6. The van der Waals surface area contributed by atoms with E-state index in [-0.39, 0.29) is 31.1 Å². The molecule has 0 spiro atoms. The number of hydrogen-bond donors (Lipinski definition) is 0. The van der Waals surface area contributed by atoms with Gasteiger partial charge in [0.1, 0.15) is 13.2 Å². The topological polar surface area (TPSA) is 78.9 Å². The molecular formula is C65H122O6. The zero-order valence-corrected chi connectivity index (χ0v) is 48.0. The SMILES string of the molecule is CCCCCCC/C=C\CCCCCCCC(=O)OCC(COC(=O)CCCCCCCCCCCCCCCCCCCCCCCCC)OC(=O)CCCCCCC/C=C\CCCCCCCCC. The third-order valence-corrected chi connectivity index (χ3v) is 14.4. The predicted molar refractivity (Wildman–Crippen MR) is 307 cm³/mol. The number of hydrogen-bond acceptors (Lipinski definition) is 6. The molecule has 6 heteroatoms. The molecule has 0 aromatic carbocycles. The van der Waals surface area contributed by atoms with E-state index in [4.69, 9.17) is 14.2 Å². The molecule has 0 heterocycles. The first kappa shape index (κ1) is 68.9. The lowest BCUT2D eigenvalue weighted by Crippen LogP contribution is -2.30. The van der Waals surface area contributed by atoms with E-state index in [2.05, 4.69) is 45.1 Å². The molecule has 1 atom stereocenters. The highest BCUT2D eigenvalue weighted by atomic mass is 16.6. The van der Waals surface area contributed by atoms with Crippen molar-refractivity contribution in [3.63, 3.8) is 0 Å². The van der Waals surface area contributed by atoms with Gasteiger partial charge in [-0.15, -0.1) is 0 Å². The molecule has 0 bridgehead atoms. The summed E-state index contributed by atoms with van der Waals surface area (Å²) in [5.74, 6) is -0.865. The Bertz CT molecular complexity index is 1150. The molecule has 0 aliphatic carbocycles. The van der Waals surface area contributed by atoms with E-state index in [0.29, 0.717) is 19.3 Å². The fraction of sp³-hybridized carbons (Fsp3) is 0.892. The Morgan fingerprint density at radius 1 is 0.268 bits per heavy atom. The van der Waals surface area contributed by atoms with Crippen LogP contribution in [0.15, 0.2) is 24.3 Å². The Balaban J connectivity index is 4.27. The van der Waals surface area contributed by atoms with E-state index < -0.39 is 6.10 Å². The van der Waals surface area contributed by atoms with Crippen molar-refractivity contribution in [2.24, 2.45) is 0 Å². The van der Waals surface area contributed by atoms with Gasteiger partial charge in [0.15, 0.2) is 6.10 Å². The van der Waals surface area contributed by atoms with Crippen LogP contribution in [0.4, 0.5) is 0 Å². The Morgan fingerprint density at radius 2 is 0.465 bits per heavy atom. The van der Waals surface area contributed by atoms with E-state index in [1.165, 1.54) is 244 Å². The summed E-state index contributed by atoms with van der Waals surface area (Å²) in [6.45, 7) is 6.68. The highest BCUT2D eigenvalue weighted by molar-refractivity contribution is 5.71. The second-order valence-corrected chi connectivity index (χ2v) is 21.7. The molecule has 0 amide bonds. The molecule has 0 aromatic rings. The van der Waals surface area contributed by atoms with Gasteiger partial charge in [0.2, 0.25) is 0 Å². The normalized spacial score (nSPS) is 12.1. The van der Waals surface area contributed by atoms with Crippen molar-refractivity contribution in [1.82, 2.24) is 0 Å². The fourth-order valence-electron chi connectivity index (χ4n) is 9.61. The van der Waals surface area contributed by atoms with Crippen LogP contribution in [0.3, 0.4) is 0 Å². The van der Waals surface area contributed by atoms with E-state index >= 15 is 0 Å². The lowest BCUT2D eigenvalue weighted by atomic mass is 10.0. The van der Waals surface area contributed by atoms with Crippen LogP contribution in [0.25, 0.3) is 0 Å². The van der Waals surface area contributed by atoms with E-state index in [1.807, 2.05) is 0 Å². The van der Waals surface area contributed by atoms with Gasteiger partial charge in [-0.25, -0.2) is 0 Å². The highest BCUT2D eigenvalue weighted by Gasteiger charge is 2.19. The summed E-state index contributed by atoms with van der Waals surface area (Å²) in [7, 11) is 0. The average molecular weight is 1000 g/mol. The Labute approximate surface area is 443 Å². The molecule has 71 heavy (non-hydrogen) atoms. The lowest BCUT2D eigenvalue weighted by molar-refractivity contribution is -0.167. The molecule has 6 nitrogen and oxygen atoms in total. The highest BCUT2D eigenvalue weighted by Crippen LogP contribution is 2.18. The summed E-state index contributed by atoms with van der Waals surface area (Å²) >= 11 is 0. The first-order valence-corrected chi connectivity index (χ1v) is 31.8. The fourth-order valence-corrected chi connectivity index (χ4v) is 9.61. The van der Waals surface area contributed by atoms with Gasteiger partial charge < -0.3 is 14.2 Å². The monoisotopic (exact) mass is 999 g/mol. The number of allylic oxidation sites excluding steroid dienone is 4. The molecule has 0 saturated heterocycles. The van der Waals surface area contributed by atoms with Gasteiger partial charge in [-0.1, -0.05) is 289 Å². The van der Waals surface area contributed by atoms with Gasteiger partial charge in [-0.3, -0.25) is 14.4 Å². The predicted octanol–water partition coefficient (Wildman–Crippen LogP) is 21.4. The van der Waals surface area contributed by atoms with Crippen molar-refractivity contribution >= 4 is 17.9 Å². The first-order valence-electron chi connectivity index (χ1n) is 31.8. The zero-order valence-electron chi connectivity index (χ0n) is 48.0. The number of esters is 3. The van der Waals surface area contributed by atoms with Crippen molar-refractivity contribution < 1.29 is 28.6 Å². The van der Waals surface area contributed by atoms with Crippen molar-refractivity contribution in [3.05, 3.63) is 24.3 Å². The van der Waals surface area contributed by atoms with Gasteiger partial charge in [0.25, 0.3) is 0 Å². The van der Waals surface area contributed by atoms with Crippen molar-refractivity contribution in [2.45, 2.75) is 361 Å². The zero-order chi connectivity index (χ0) is 51.4. The molecule has 0 N–H and O–H groups in total. The second-order valence-electron chi connectivity index (χ2n) is 21.7. The van der Waals surface area contributed by atoms with Crippen molar-refractivity contribution in [3.8, 4) is 0 Å². The number of unbranched alkanes of at least 4 members (excludes halogenated alkanes) is 44. The van der Waals surface area contributed by atoms with Crippen molar-refractivity contribution in [2.75, 3.05) is 13.2 Å². The van der Waals surface area contributed by atoms with Crippen LogP contribution < -0.4 is 0 Å². The van der Waals surface area contributed by atoms with Gasteiger partial charge >= 0.3 is 17.9 Å². The van der Waals surface area contributed by atoms with Crippen LogP contribution in [0.5, 0.6) is 0 Å². The molecule has 0 aromatic heterocycles. The van der Waals surface area contributed by atoms with Crippen LogP contribution in [0.2, 0.25) is 0 Å². The quantitative estimate of drug-likeness (QED) is 0.0261. The largest absolute Gasteiger partial charge is 0.462 e. The maximum atomic E-state index is 12.9. The Hall–Kier alpha value is -2.11. The molecule has 0 rings (SSSR count). The second kappa shape index (κ2) is 60.4. The molecular weight excluding hydrogens is 877 g/mol. The maximum absolute atomic E-state index is 12.9. The van der Waals surface area contributed by atoms with Crippen molar-refractivity contribution in [1.29, 1.82) is 0 Å². The third kappa shape index (κ3) is 58.7. The van der Waals surface area contributed by atoms with Gasteiger partial charge in [0, 0.05) is 19.3 Å². The average Bonchev–Trinajstić information content (AvgIpc) is 3.37. The maximum Gasteiger partial charge on any atom is 0.306 e. The van der Waals surface area contributed by atoms with Crippen LogP contribution in [-0.2, 0) is 28.6 Å². The van der Waals surface area contributed by atoms with Crippen LogP contribution >= 0.6 is 0 Å². The lowest BCUT2D eigenvalue weighted by Gasteiger charge is -2.18. The molecule has 418 valence electrons. The molecule has 0 radical (unpaired) electrons. The molecule has 0 saturated carbocycles. The van der Waals surface area contributed by atoms with Gasteiger partial charge in [0.05, 0.1) is 0 Å². The van der Waals surface area contributed by atoms with E-state index in [0.717, 1.165) is 70.6 Å². The minimum atomic E-state index is -0.776. The van der Waals surface area contributed by atoms with Crippen LogP contribution in [-0.4, -0.2) is 37.2 Å². The van der Waals surface area contributed by atoms with Gasteiger partial charge in [-0.2, -0.15) is 0 Å². The summed E-state index contributed by atoms with van der Waals surface area (Å²) in [5, 5.41) is 0. The first-order chi connectivity index (χ1) is 35.0. The number of carbonyl (C=O) groups excluding carboxylic acids is 3. The summed E-state index contributed by atoms with van der Waals surface area (Å²) < 4.78 is 16.9. The molecule has 1 unspecified atom stereocenters. The molecule has 0 fully saturated rings. The summed E-state index contributed by atoms with van der Waals surface area (Å²) in [4.78, 5) is 38.2.